The molecule has 0 aliphatic carbocycles. The van der Waals surface area contributed by atoms with Gasteiger partial charge in [-0.2, -0.15) is 0 Å². The van der Waals surface area contributed by atoms with E-state index in [1.165, 1.54) is 0 Å². The average molecular weight is 382 g/mol. The maximum atomic E-state index is 12.9. The molecule has 0 spiro atoms. The van der Waals surface area contributed by atoms with E-state index in [1.807, 2.05) is 6.07 Å². The van der Waals surface area contributed by atoms with Gasteiger partial charge in [-0.15, -0.1) is 0 Å². The molecule has 0 radical (unpaired) electrons. The summed E-state index contributed by atoms with van der Waals surface area (Å²) in [5, 5.41) is 3.83. The van der Waals surface area contributed by atoms with Gasteiger partial charge in [-0.25, -0.2) is 4.98 Å². The number of para-hydroxylation sites is 1. The highest BCUT2D eigenvalue weighted by Crippen LogP contribution is 2.22. The third-order valence-electron chi connectivity index (χ3n) is 4.95. The fourth-order valence-corrected chi connectivity index (χ4v) is 3.68. The maximum Gasteiger partial charge on any atom is 0.261 e. The van der Waals surface area contributed by atoms with Crippen LogP contribution in [-0.4, -0.2) is 15.5 Å². The molecule has 0 saturated heterocycles. The quantitative estimate of drug-likeness (QED) is 0.714. The molecule has 1 aliphatic rings. The van der Waals surface area contributed by atoms with E-state index >= 15 is 0 Å². The van der Waals surface area contributed by atoms with Gasteiger partial charge < -0.3 is 5.32 Å². The number of aryl methyl sites for hydroxylation is 1. The number of aromatic nitrogens is 2. The third kappa shape index (κ3) is 3.60. The second kappa shape index (κ2) is 7.53. The zero-order valence-electron chi connectivity index (χ0n) is 14.9. The lowest BCUT2D eigenvalue weighted by Crippen LogP contribution is -2.26. The van der Waals surface area contributed by atoms with E-state index in [9.17, 15) is 9.59 Å². The van der Waals surface area contributed by atoms with Gasteiger partial charge in [0.05, 0.1) is 21.6 Å². The van der Waals surface area contributed by atoms with Gasteiger partial charge >= 0.3 is 0 Å². The summed E-state index contributed by atoms with van der Waals surface area (Å²) in [6.45, 7) is 0.714. The van der Waals surface area contributed by atoms with Crippen molar-refractivity contribution < 1.29 is 4.79 Å². The Balaban J connectivity index is 1.71. The topological polar surface area (TPSA) is 64.0 Å². The molecule has 6 heteroatoms. The number of halogens is 1. The van der Waals surface area contributed by atoms with Crippen LogP contribution in [0.3, 0.4) is 0 Å². The summed E-state index contributed by atoms with van der Waals surface area (Å²) in [5.41, 5.74) is 1.55. The molecule has 138 valence electrons. The number of anilines is 1. The van der Waals surface area contributed by atoms with Crippen LogP contribution in [0.1, 0.15) is 41.9 Å². The predicted molar refractivity (Wildman–Crippen MR) is 108 cm³/mol. The average Bonchev–Trinajstić information content (AvgIpc) is 2.65. The normalized spacial score (nSPS) is 14.3. The van der Waals surface area contributed by atoms with Gasteiger partial charge in [-0.1, -0.05) is 36.6 Å². The first-order valence-electron chi connectivity index (χ1n) is 9.23. The highest BCUT2D eigenvalue weighted by atomic mass is 35.5. The summed E-state index contributed by atoms with van der Waals surface area (Å²) < 4.78 is 1.80. The molecule has 0 fully saturated rings. The zero-order valence-corrected chi connectivity index (χ0v) is 15.6. The number of nitrogens with zero attached hydrogens (tertiary/aromatic N) is 2. The van der Waals surface area contributed by atoms with Crippen molar-refractivity contribution in [2.75, 3.05) is 5.32 Å². The van der Waals surface area contributed by atoms with Crippen LogP contribution in [0, 0.1) is 0 Å². The van der Waals surface area contributed by atoms with E-state index in [4.69, 9.17) is 16.6 Å². The molecule has 3 aromatic rings. The summed E-state index contributed by atoms with van der Waals surface area (Å²) in [7, 11) is 0. The van der Waals surface area contributed by atoms with Gasteiger partial charge in [-0.05, 0) is 43.2 Å². The van der Waals surface area contributed by atoms with Gasteiger partial charge in [0.25, 0.3) is 11.5 Å². The van der Waals surface area contributed by atoms with Crippen LogP contribution in [0.15, 0.2) is 47.3 Å². The molecular weight excluding hydrogens is 362 g/mol. The Bertz CT molecular complexity index is 1070. The Hall–Kier alpha value is -2.66. The molecule has 1 aliphatic heterocycles. The Kier molecular flexibility index (Phi) is 4.94. The standard InChI is InChI=1S/C21H20ClN3O2/c22-16-7-4-5-8-17(16)24-20(26)14-10-11-15-18(13-14)23-19-9-3-1-2-6-12-25(19)21(15)27/h4-5,7-8,10-11,13H,1-3,6,9,12H2,(H,24,26). The second-order valence-electron chi connectivity index (χ2n) is 6.81. The van der Waals surface area contributed by atoms with Crippen molar-refractivity contribution in [2.24, 2.45) is 0 Å². The van der Waals surface area contributed by atoms with E-state index in [1.54, 1.807) is 41.0 Å². The lowest BCUT2D eigenvalue weighted by atomic mass is 10.1. The highest BCUT2D eigenvalue weighted by Gasteiger charge is 2.15. The molecular formula is C21H20ClN3O2. The van der Waals surface area contributed by atoms with Crippen LogP contribution in [0.4, 0.5) is 5.69 Å². The zero-order chi connectivity index (χ0) is 18.8. The molecule has 1 aromatic heterocycles. The first-order valence-corrected chi connectivity index (χ1v) is 9.60. The fourth-order valence-electron chi connectivity index (χ4n) is 3.49. The van der Waals surface area contributed by atoms with E-state index < -0.39 is 0 Å². The minimum absolute atomic E-state index is 0.0186. The lowest BCUT2D eigenvalue weighted by Gasteiger charge is -2.16. The van der Waals surface area contributed by atoms with Gasteiger partial charge in [0.2, 0.25) is 0 Å². The summed E-state index contributed by atoms with van der Waals surface area (Å²) in [6, 6.07) is 12.1. The monoisotopic (exact) mass is 381 g/mol. The summed E-state index contributed by atoms with van der Waals surface area (Å²) in [4.78, 5) is 30.2. The van der Waals surface area contributed by atoms with Gasteiger partial charge in [0, 0.05) is 18.5 Å². The molecule has 2 heterocycles. The summed E-state index contributed by atoms with van der Waals surface area (Å²) in [5.74, 6) is 0.537. The number of hydrogen-bond donors (Lipinski definition) is 1. The number of nitrogens with one attached hydrogen (secondary N) is 1. The molecule has 0 bridgehead atoms. The highest BCUT2D eigenvalue weighted by molar-refractivity contribution is 6.33. The van der Waals surface area contributed by atoms with Crippen molar-refractivity contribution in [3.05, 3.63) is 69.2 Å². The Labute approximate surface area is 162 Å². The van der Waals surface area contributed by atoms with Crippen LogP contribution in [-0.2, 0) is 13.0 Å². The second-order valence-corrected chi connectivity index (χ2v) is 7.22. The Morgan fingerprint density at radius 2 is 1.89 bits per heavy atom. The number of hydrogen-bond acceptors (Lipinski definition) is 3. The molecule has 27 heavy (non-hydrogen) atoms. The van der Waals surface area contributed by atoms with E-state index in [0.717, 1.165) is 37.9 Å². The van der Waals surface area contributed by atoms with Crippen molar-refractivity contribution in [1.82, 2.24) is 9.55 Å². The Morgan fingerprint density at radius 3 is 2.74 bits per heavy atom. The minimum atomic E-state index is -0.279. The van der Waals surface area contributed by atoms with E-state index in [2.05, 4.69) is 5.32 Å². The molecule has 4 rings (SSSR count). The summed E-state index contributed by atoms with van der Waals surface area (Å²) in [6.07, 6.45) is 5.13. The number of carbonyl (C=O) groups is 1. The number of carbonyl (C=O) groups excluding carboxylic acids is 1. The first kappa shape index (κ1) is 17.7. The first-order chi connectivity index (χ1) is 13.1. The smallest absolute Gasteiger partial charge is 0.261 e. The van der Waals surface area contributed by atoms with E-state index in [-0.39, 0.29) is 11.5 Å². The predicted octanol–water partition coefficient (Wildman–Crippen LogP) is 4.42. The SMILES string of the molecule is O=C(Nc1ccccc1Cl)c1ccc2c(=O)n3c(nc2c1)CCCCCC3. The third-order valence-corrected chi connectivity index (χ3v) is 5.28. The van der Waals surface area contributed by atoms with E-state index in [0.29, 0.717) is 33.7 Å². The Morgan fingerprint density at radius 1 is 1.07 bits per heavy atom. The number of benzene rings is 2. The fraction of sp³-hybridized carbons (Fsp3) is 0.286. The maximum absolute atomic E-state index is 12.9. The van der Waals surface area contributed by atoms with Crippen LogP contribution >= 0.6 is 11.6 Å². The molecule has 0 atom stereocenters. The van der Waals surface area contributed by atoms with Crippen LogP contribution in [0.5, 0.6) is 0 Å². The molecule has 5 nitrogen and oxygen atoms in total. The molecule has 0 saturated carbocycles. The van der Waals surface area contributed by atoms with Crippen LogP contribution in [0.2, 0.25) is 5.02 Å². The molecule has 1 N–H and O–H groups in total. The van der Waals surface area contributed by atoms with Gasteiger partial charge in [-0.3, -0.25) is 14.2 Å². The largest absolute Gasteiger partial charge is 0.321 e. The number of amides is 1. The van der Waals surface area contributed by atoms with Crippen molar-refractivity contribution in [3.63, 3.8) is 0 Å². The van der Waals surface area contributed by atoms with Crippen molar-refractivity contribution >= 4 is 34.1 Å². The lowest BCUT2D eigenvalue weighted by molar-refractivity contribution is 0.102. The molecule has 0 unspecified atom stereocenters. The van der Waals surface area contributed by atoms with Crippen molar-refractivity contribution in [3.8, 4) is 0 Å². The van der Waals surface area contributed by atoms with Gasteiger partial charge in [0.1, 0.15) is 5.82 Å². The van der Waals surface area contributed by atoms with Gasteiger partial charge in [0.15, 0.2) is 0 Å². The summed E-state index contributed by atoms with van der Waals surface area (Å²) >= 11 is 6.11. The number of fused-ring (bicyclic) bond motifs is 2. The molecule has 1 amide bonds. The minimum Gasteiger partial charge on any atom is -0.321 e. The van der Waals surface area contributed by atoms with Crippen LogP contribution in [0.25, 0.3) is 10.9 Å². The molecule has 2 aromatic carbocycles. The van der Waals surface area contributed by atoms with Crippen LogP contribution < -0.4 is 10.9 Å². The van der Waals surface area contributed by atoms with Crippen molar-refractivity contribution in [2.45, 2.75) is 38.6 Å². The number of rotatable bonds is 2. The van der Waals surface area contributed by atoms with Crippen molar-refractivity contribution in [1.29, 1.82) is 0 Å².